The first-order valence-corrected chi connectivity index (χ1v) is 11.2. The minimum Gasteiger partial charge on any atom is -0.481 e. The molecule has 0 aromatic heterocycles. The van der Waals surface area contributed by atoms with Crippen molar-refractivity contribution in [3.05, 3.63) is 59.7 Å². The highest BCUT2D eigenvalue weighted by Crippen LogP contribution is 2.25. The van der Waals surface area contributed by atoms with Crippen molar-refractivity contribution < 1.29 is 14.3 Å². The summed E-state index contributed by atoms with van der Waals surface area (Å²) in [5.74, 6) is 0.200. The first kappa shape index (κ1) is 22.9. The first-order chi connectivity index (χ1) is 14.7. The summed E-state index contributed by atoms with van der Waals surface area (Å²) in [6.45, 7) is 8.17. The molecule has 1 atom stereocenters. The van der Waals surface area contributed by atoms with Gasteiger partial charge in [0, 0.05) is 6.04 Å². The molecule has 0 saturated heterocycles. The molecule has 1 aliphatic carbocycles. The zero-order chi connectivity index (χ0) is 22.4. The number of rotatable bonds is 6. The number of para-hydroxylation sites is 1. The van der Waals surface area contributed by atoms with Crippen molar-refractivity contribution in [1.29, 1.82) is 0 Å². The SMILES string of the molecule is C[C@@H](Oc1ccc(C(C)(C)C)cc1)C(=O)Nc1ccccc1C(=O)NC1CCCCC1. The summed E-state index contributed by atoms with van der Waals surface area (Å²) in [6.07, 6.45) is 4.85. The highest BCUT2D eigenvalue weighted by Gasteiger charge is 2.21. The summed E-state index contributed by atoms with van der Waals surface area (Å²) in [5, 5.41) is 5.97. The quantitative estimate of drug-likeness (QED) is 0.650. The molecule has 5 heteroatoms. The van der Waals surface area contributed by atoms with E-state index in [2.05, 4.69) is 31.4 Å². The molecule has 1 fully saturated rings. The average molecular weight is 423 g/mol. The Bertz CT molecular complexity index is 894. The Hall–Kier alpha value is -2.82. The molecule has 0 spiro atoms. The second-order valence-corrected chi connectivity index (χ2v) is 9.38. The highest BCUT2D eigenvalue weighted by atomic mass is 16.5. The van der Waals surface area contributed by atoms with E-state index in [-0.39, 0.29) is 23.3 Å². The van der Waals surface area contributed by atoms with Crippen molar-refractivity contribution in [1.82, 2.24) is 5.32 Å². The number of ether oxygens (including phenoxy) is 1. The molecular formula is C26H34N2O3. The van der Waals surface area contributed by atoms with Crippen LogP contribution in [-0.4, -0.2) is 24.0 Å². The molecule has 2 aromatic carbocycles. The van der Waals surface area contributed by atoms with Gasteiger partial charge in [-0.15, -0.1) is 0 Å². The van der Waals surface area contributed by atoms with Gasteiger partial charge < -0.3 is 15.4 Å². The number of nitrogens with one attached hydrogen (secondary N) is 2. The lowest BCUT2D eigenvalue weighted by Gasteiger charge is -2.23. The molecule has 3 rings (SSSR count). The van der Waals surface area contributed by atoms with Gasteiger partial charge in [0.2, 0.25) is 0 Å². The number of hydrogen-bond donors (Lipinski definition) is 2. The Kier molecular flexibility index (Phi) is 7.37. The molecule has 5 nitrogen and oxygen atoms in total. The van der Waals surface area contributed by atoms with E-state index in [0.717, 1.165) is 25.7 Å². The number of hydrogen-bond acceptors (Lipinski definition) is 3. The van der Waals surface area contributed by atoms with Gasteiger partial charge in [-0.05, 0) is 55.0 Å². The summed E-state index contributed by atoms with van der Waals surface area (Å²) >= 11 is 0. The normalized spacial score (nSPS) is 15.7. The number of benzene rings is 2. The summed E-state index contributed by atoms with van der Waals surface area (Å²) in [6, 6.07) is 15.1. The van der Waals surface area contributed by atoms with Crippen LogP contribution in [0.25, 0.3) is 0 Å². The predicted molar refractivity (Wildman–Crippen MR) is 125 cm³/mol. The van der Waals surface area contributed by atoms with Gasteiger partial charge in [-0.25, -0.2) is 0 Å². The van der Waals surface area contributed by atoms with Crippen LogP contribution in [-0.2, 0) is 10.2 Å². The van der Waals surface area contributed by atoms with Gasteiger partial charge in [0.1, 0.15) is 5.75 Å². The topological polar surface area (TPSA) is 67.4 Å². The fraction of sp³-hybridized carbons (Fsp3) is 0.462. The Morgan fingerprint density at radius 3 is 2.26 bits per heavy atom. The van der Waals surface area contributed by atoms with Crippen LogP contribution in [0.15, 0.2) is 48.5 Å². The van der Waals surface area contributed by atoms with E-state index in [9.17, 15) is 9.59 Å². The van der Waals surface area contributed by atoms with Crippen molar-refractivity contribution >= 4 is 17.5 Å². The molecule has 2 N–H and O–H groups in total. The van der Waals surface area contributed by atoms with E-state index in [0.29, 0.717) is 17.0 Å². The standard InChI is InChI=1S/C26H34N2O3/c1-18(31-21-16-14-19(15-17-21)26(2,3)4)24(29)28-23-13-9-8-12-22(23)25(30)27-20-10-6-5-7-11-20/h8-9,12-18,20H,5-7,10-11H2,1-4H3,(H,27,30)(H,28,29)/t18-/m1/s1. The predicted octanol–water partition coefficient (Wildman–Crippen LogP) is 5.45. The van der Waals surface area contributed by atoms with Gasteiger partial charge in [-0.2, -0.15) is 0 Å². The van der Waals surface area contributed by atoms with E-state index in [1.165, 1.54) is 12.0 Å². The Morgan fingerprint density at radius 1 is 0.968 bits per heavy atom. The molecule has 0 radical (unpaired) electrons. The Labute approximate surface area is 185 Å². The van der Waals surface area contributed by atoms with Gasteiger partial charge in [-0.3, -0.25) is 9.59 Å². The molecule has 0 heterocycles. The average Bonchev–Trinajstić information content (AvgIpc) is 2.74. The molecule has 166 valence electrons. The van der Waals surface area contributed by atoms with E-state index >= 15 is 0 Å². The Morgan fingerprint density at radius 2 is 1.61 bits per heavy atom. The summed E-state index contributed by atoms with van der Waals surface area (Å²) < 4.78 is 5.83. The van der Waals surface area contributed by atoms with Crippen LogP contribution in [0.3, 0.4) is 0 Å². The van der Waals surface area contributed by atoms with Crippen molar-refractivity contribution in [2.24, 2.45) is 0 Å². The van der Waals surface area contributed by atoms with Crippen LogP contribution in [0.4, 0.5) is 5.69 Å². The molecule has 31 heavy (non-hydrogen) atoms. The minimum atomic E-state index is -0.699. The Balaban J connectivity index is 1.62. The lowest BCUT2D eigenvalue weighted by Crippen LogP contribution is -2.37. The third-order valence-electron chi connectivity index (χ3n) is 5.77. The molecule has 0 bridgehead atoms. The second kappa shape index (κ2) is 9.99. The molecule has 2 aromatic rings. The van der Waals surface area contributed by atoms with Gasteiger partial charge in [0.05, 0.1) is 11.3 Å². The molecule has 1 saturated carbocycles. The largest absolute Gasteiger partial charge is 0.481 e. The summed E-state index contributed by atoms with van der Waals surface area (Å²) in [7, 11) is 0. The second-order valence-electron chi connectivity index (χ2n) is 9.38. The number of anilines is 1. The zero-order valence-corrected chi connectivity index (χ0v) is 19.0. The van der Waals surface area contributed by atoms with Crippen LogP contribution >= 0.6 is 0 Å². The fourth-order valence-corrected chi connectivity index (χ4v) is 3.83. The van der Waals surface area contributed by atoms with Gasteiger partial charge in [0.15, 0.2) is 6.10 Å². The first-order valence-electron chi connectivity index (χ1n) is 11.2. The lowest BCUT2D eigenvalue weighted by molar-refractivity contribution is -0.122. The smallest absolute Gasteiger partial charge is 0.265 e. The third-order valence-corrected chi connectivity index (χ3v) is 5.77. The van der Waals surface area contributed by atoms with E-state index in [4.69, 9.17) is 4.74 Å². The number of amides is 2. The van der Waals surface area contributed by atoms with E-state index in [1.54, 1.807) is 19.1 Å². The maximum absolute atomic E-state index is 12.8. The fourth-order valence-electron chi connectivity index (χ4n) is 3.83. The molecular weight excluding hydrogens is 388 g/mol. The van der Waals surface area contributed by atoms with Crippen molar-refractivity contribution in [3.8, 4) is 5.75 Å². The highest BCUT2D eigenvalue weighted by molar-refractivity contribution is 6.04. The summed E-state index contributed by atoms with van der Waals surface area (Å²) in [5.41, 5.74) is 2.24. The number of carbonyl (C=O) groups is 2. The molecule has 0 unspecified atom stereocenters. The molecule has 0 aliphatic heterocycles. The van der Waals surface area contributed by atoms with Crippen molar-refractivity contribution in [2.75, 3.05) is 5.32 Å². The molecule has 2 amide bonds. The monoisotopic (exact) mass is 422 g/mol. The summed E-state index contributed by atoms with van der Waals surface area (Å²) in [4.78, 5) is 25.5. The van der Waals surface area contributed by atoms with Crippen LogP contribution in [0.1, 0.15) is 75.7 Å². The third kappa shape index (κ3) is 6.33. The van der Waals surface area contributed by atoms with Gasteiger partial charge in [-0.1, -0.05) is 64.3 Å². The zero-order valence-electron chi connectivity index (χ0n) is 19.0. The van der Waals surface area contributed by atoms with Crippen LogP contribution in [0.5, 0.6) is 5.75 Å². The maximum atomic E-state index is 12.8. The van der Waals surface area contributed by atoms with Crippen molar-refractivity contribution in [3.63, 3.8) is 0 Å². The van der Waals surface area contributed by atoms with Crippen molar-refractivity contribution in [2.45, 2.75) is 77.4 Å². The van der Waals surface area contributed by atoms with Crippen LogP contribution in [0.2, 0.25) is 0 Å². The molecule has 1 aliphatic rings. The van der Waals surface area contributed by atoms with E-state index < -0.39 is 6.10 Å². The van der Waals surface area contributed by atoms with Crippen LogP contribution in [0, 0.1) is 0 Å². The van der Waals surface area contributed by atoms with E-state index in [1.807, 2.05) is 36.4 Å². The van der Waals surface area contributed by atoms with Gasteiger partial charge in [0.25, 0.3) is 11.8 Å². The maximum Gasteiger partial charge on any atom is 0.265 e. The number of carbonyl (C=O) groups excluding carboxylic acids is 2. The van der Waals surface area contributed by atoms with Crippen LogP contribution < -0.4 is 15.4 Å². The van der Waals surface area contributed by atoms with Gasteiger partial charge >= 0.3 is 0 Å². The minimum absolute atomic E-state index is 0.0590. The lowest BCUT2D eigenvalue weighted by atomic mass is 9.87.